The molecule has 0 unspecified atom stereocenters. The van der Waals surface area contributed by atoms with E-state index in [1.54, 1.807) is 43.8 Å². The van der Waals surface area contributed by atoms with E-state index in [0.717, 1.165) is 5.56 Å². The summed E-state index contributed by atoms with van der Waals surface area (Å²) in [5, 5.41) is 6.36. The summed E-state index contributed by atoms with van der Waals surface area (Å²) in [5.41, 5.74) is 1.80. The van der Waals surface area contributed by atoms with Gasteiger partial charge < -0.3 is 15.4 Å². The maximum absolute atomic E-state index is 12.3. The second-order valence-corrected chi connectivity index (χ2v) is 5.71. The van der Waals surface area contributed by atoms with Crippen molar-refractivity contribution in [3.05, 3.63) is 71.3 Å². The Morgan fingerprint density at radius 3 is 2.73 bits per heavy atom. The van der Waals surface area contributed by atoms with E-state index in [0.29, 0.717) is 23.0 Å². The van der Waals surface area contributed by atoms with E-state index in [1.165, 1.54) is 6.20 Å². The Labute approximate surface area is 155 Å². The smallest absolute Gasteiger partial charge is 0.270 e. The van der Waals surface area contributed by atoms with Gasteiger partial charge >= 0.3 is 0 Å². The predicted molar refractivity (Wildman–Crippen MR) is 98.7 cm³/mol. The summed E-state index contributed by atoms with van der Waals surface area (Å²) < 4.78 is 5.28. The summed E-state index contributed by atoms with van der Waals surface area (Å²) in [5.74, 6) is 0.554. The summed E-state index contributed by atoms with van der Waals surface area (Å²) in [6, 6.07) is 10.4. The first kappa shape index (κ1) is 17.6. The van der Waals surface area contributed by atoms with Crippen LogP contribution in [0.4, 0.5) is 11.6 Å². The van der Waals surface area contributed by atoms with Gasteiger partial charge in [0.2, 0.25) is 5.95 Å². The lowest BCUT2D eigenvalue weighted by atomic mass is 10.2. The van der Waals surface area contributed by atoms with Crippen molar-refractivity contribution in [1.29, 1.82) is 0 Å². The Bertz CT molecular complexity index is 905. The molecule has 2 heterocycles. The van der Waals surface area contributed by atoms with E-state index in [-0.39, 0.29) is 17.5 Å². The molecule has 0 bridgehead atoms. The van der Waals surface area contributed by atoms with Crippen LogP contribution in [0.2, 0.25) is 5.02 Å². The van der Waals surface area contributed by atoms with Gasteiger partial charge in [-0.3, -0.25) is 9.78 Å². The molecule has 0 radical (unpaired) electrons. The molecule has 2 aromatic heterocycles. The van der Waals surface area contributed by atoms with Gasteiger partial charge in [0.05, 0.1) is 12.8 Å². The van der Waals surface area contributed by atoms with E-state index >= 15 is 0 Å². The average molecular weight is 370 g/mol. The molecule has 3 rings (SSSR count). The highest BCUT2D eigenvalue weighted by Gasteiger charge is 2.11. The van der Waals surface area contributed by atoms with E-state index in [1.807, 2.05) is 12.1 Å². The van der Waals surface area contributed by atoms with Crippen LogP contribution in [-0.2, 0) is 6.54 Å². The van der Waals surface area contributed by atoms with Gasteiger partial charge in [-0.25, -0.2) is 9.97 Å². The lowest BCUT2D eigenvalue weighted by molar-refractivity contribution is 0.0946. The SMILES string of the molecule is COc1ccc(Cl)cc1Nc1nccc(C(=O)NCc2ccncc2)n1. The number of nitrogens with zero attached hydrogens (tertiary/aromatic N) is 3. The number of benzene rings is 1. The lowest BCUT2D eigenvalue weighted by Gasteiger charge is -2.11. The summed E-state index contributed by atoms with van der Waals surface area (Å²) in [7, 11) is 1.55. The lowest BCUT2D eigenvalue weighted by Crippen LogP contribution is -2.24. The number of hydrogen-bond acceptors (Lipinski definition) is 6. The van der Waals surface area contributed by atoms with E-state index in [4.69, 9.17) is 16.3 Å². The number of rotatable bonds is 6. The molecule has 0 aliphatic heterocycles. The zero-order valence-corrected chi connectivity index (χ0v) is 14.7. The fraction of sp³-hybridized carbons (Fsp3) is 0.111. The standard InChI is InChI=1S/C18H16ClN5O2/c1-26-16-3-2-13(19)10-15(16)24-18-21-9-6-14(23-18)17(25)22-11-12-4-7-20-8-5-12/h2-10H,11H2,1H3,(H,22,25)(H,21,23,24). The molecule has 0 saturated carbocycles. The molecular formula is C18H16ClN5O2. The first-order chi connectivity index (χ1) is 12.7. The first-order valence-electron chi connectivity index (χ1n) is 7.76. The molecule has 0 saturated heterocycles. The molecule has 0 aliphatic rings. The van der Waals surface area contributed by atoms with Crippen LogP contribution in [0.3, 0.4) is 0 Å². The molecule has 0 spiro atoms. The maximum Gasteiger partial charge on any atom is 0.270 e. The number of amides is 1. The highest BCUT2D eigenvalue weighted by molar-refractivity contribution is 6.31. The minimum Gasteiger partial charge on any atom is -0.495 e. The van der Waals surface area contributed by atoms with Gasteiger partial charge in [-0.2, -0.15) is 0 Å². The number of carbonyl (C=O) groups excluding carboxylic acids is 1. The number of hydrogen-bond donors (Lipinski definition) is 2. The molecule has 1 aromatic carbocycles. The van der Waals surface area contributed by atoms with Crippen LogP contribution in [0.25, 0.3) is 0 Å². The summed E-state index contributed by atoms with van der Waals surface area (Å²) >= 11 is 6.02. The second-order valence-electron chi connectivity index (χ2n) is 5.27. The van der Waals surface area contributed by atoms with E-state index in [9.17, 15) is 4.79 Å². The second kappa shape index (κ2) is 8.26. The van der Waals surface area contributed by atoms with Crippen LogP contribution in [0, 0.1) is 0 Å². The van der Waals surface area contributed by atoms with Gasteiger partial charge in [-0.1, -0.05) is 11.6 Å². The number of pyridine rings is 1. The first-order valence-corrected chi connectivity index (χ1v) is 8.14. The fourth-order valence-corrected chi connectivity index (χ4v) is 2.39. The summed E-state index contributed by atoms with van der Waals surface area (Å²) in [6.07, 6.45) is 4.85. The van der Waals surface area contributed by atoms with Crippen molar-refractivity contribution < 1.29 is 9.53 Å². The van der Waals surface area contributed by atoms with Crippen molar-refractivity contribution in [3.63, 3.8) is 0 Å². The molecule has 3 aromatic rings. The average Bonchev–Trinajstić information content (AvgIpc) is 2.67. The highest BCUT2D eigenvalue weighted by Crippen LogP contribution is 2.29. The molecule has 132 valence electrons. The number of nitrogens with one attached hydrogen (secondary N) is 2. The monoisotopic (exact) mass is 369 g/mol. The summed E-state index contributed by atoms with van der Waals surface area (Å²) in [6.45, 7) is 0.385. The third-order valence-corrected chi connectivity index (χ3v) is 3.73. The zero-order chi connectivity index (χ0) is 18.4. The van der Waals surface area contributed by atoms with Crippen molar-refractivity contribution in [2.24, 2.45) is 0 Å². The van der Waals surface area contributed by atoms with Gasteiger partial charge in [0.15, 0.2) is 0 Å². The number of methoxy groups -OCH3 is 1. The minimum atomic E-state index is -0.301. The molecule has 8 heteroatoms. The number of aromatic nitrogens is 3. The van der Waals surface area contributed by atoms with E-state index in [2.05, 4.69) is 25.6 Å². The molecule has 0 aliphatic carbocycles. The van der Waals surface area contributed by atoms with Crippen LogP contribution in [0.5, 0.6) is 5.75 Å². The largest absolute Gasteiger partial charge is 0.495 e. The van der Waals surface area contributed by atoms with Crippen LogP contribution < -0.4 is 15.4 Å². The van der Waals surface area contributed by atoms with Gasteiger partial charge in [0.1, 0.15) is 11.4 Å². The third kappa shape index (κ3) is 4.46. The molecule has 0 atom stereocenters. The number of halogens is 1. The fourth-order valence-electron chi connectivity index (χ4n) is 2.22. The van der Waals surface area contributed by atoms with Gasteiger partial charge in [0.25, 0.3) is 5.91 Å². The Morgan fingerprint density at radius 2 is 1.96 bits per heavy atom. The van der Waals surface area contributed by atoms with Crippen LogP contribution >= 0.6 is 11.6 Å². The number of carbonyl (C=O) groups is 1. The Hall–Kier alpha value is -3.19. The molecule has 0 fully saturated rings. The normalized spacial score (nSPS) is 10.2. The maximum atomic E-state index is 12.3. The molecule has 2 N–H and O–H groups in total. The van der Waals surface area contributed by atoms with Gasteiger partial charge in [-0.15, -0.1) is 0 Å². The van der Waals surface area contributed by atoms with Crippen molar-refractivity contribution in [2.45, 2.75) is 6.54 Å². The Balaban J connectivity index is 1.72. The van der Waals surface area contributed by atoms with E-state index < -0.39 is 0 Å². The predicted octanol–water partition coefficient (Wildman–Crippen LogP) is 3.21. The number of anilines is 2. The number of ether oxygens (including phenoxy) is 1. The Morgan fingerprint density at radius 1 is 1.15 bits per heavy atom. The van der Waals surface area contributed by atoms with Crippen LogP contribution in [-0.4, -0.2) is 28.0 Å². The van der Waals surface area contributed by atoms with Crippen LogP contribution in [0.15, 0.2) is 55.0 Å². The van der Waals surface area contributed by atoms with Gasteiger partial charge in [-0.05, 0) is 42.0 Å². The minimum absolute atomic E-state index is 0.248. The van der Waals surface area contributed by atoms with Crippen molar-refractivity contribution in [2.75, 3.05) is 12.4 Å². The van der Waals surface area contributed by atoms with Crippen molar-refractivity contribution in [1.82, 2.24) is 20.3 Å². The summed E-state index contributed by atoms with van der Waals surface area (Å²) in [4.78, 5) is 24.6. The third-order valence-electron chi connectivity index (χ3n) is 3.50. The quantitative estimate of drug-likeness (QED) is 0.693. The van der Waals surface area contributed by atoms with Crippen LogP contribution in [0.1, 0.15) is 16.1 Å². The Kier molecular flexibility index (Phi) is 5.60. The molecule has 7 nitrogen and oxygen atoms in total. The van der Waals surface area contributed by atoms with Gasteiger partial charge in [0, 0.05) is 30.2 Å². The zero-order valence-electron chi connectivity index (χ0n) is 13.9. The highest BCUT2D eigenvalue weighted by atomic mass is 35.5. The molecular weight excluding hydrogens is 354 g/mol. The molecule has 1 amide bonds. The van der Waals surface area contributed by atoms with Crippen molar-refractivity contribution in [3.8, 4) is 5.75 Å². The molecule has 26 heavy (non-hydrogen) atoms. The topological polar surface area (TPSA) is 89.0 Å². The van der Waals surface area contributed by atoms with Crippen molar-refractivity contribution >= 4 is 29.1 Å².